The van der Waals surface area contributed by atoms with Crippen LogP contribution in [0, 0.1) is 6.92 Å². The molecule has 1 fully saturated rings. The second-order valence-corrected chi connectivity index (χ2v) is 5.98. The molecule has 1 amide bonds. The molecule has 1 aromatic heterocycles. The Morgan fingerprint density at radius 2 is 2.17 bits per heavy atom. The Morgan fingerprint density at radius 1 is 1.38 bits per heavy atom. The van der Waals surface area contributed by atoms with Gasteiger partial charge in [-0.25, -0.2) is 0 Å². The molecule has 2 aromatic rings. The van der Waals surface area contributed by atoms with Crippen molar-refractivity contribution in [1.29, 1.82) is 0 Å². The number of hydrogen-bond donors (Lipinski definition) is 1. The molecule has 6 heteroatoms. The summed E-state index contributed by atoms with van der Waals surface area (Å²) in [4.78, 5) is 14.8. The van der Waals surface area contributed by atoms with Crippen molar-refractivity contribution < 1.29 is 14.1 Å². The molecule has 1 unspecified atom stereocenters. The quantitative estimate of drug-likeness (QED) is 0.912. The fourth-order valence-corrected chi connectivity index (χ4v) is 2.87. The maximum Gasteiger partial charge on any atom is 0.254 e. The van der Waals surface area contributed by atoms with E-state index in [2.05, 4.69) is 27.5 Å². The standard InChI is InChI=1S/C18H23N3O3/c1-3-15-17(13(2)24-20-15)19-18(22)16-12-21(9-10-23-16)11-14-7-5-4-6-8-14/h4-8,16H,3,9-12H2,1-2H3,(H,19,22). The highest BCUT2D eigenvalue weighted by molar-refractivity contribution is 5.95. The summed E-state index contributed by atoms with van der Waals surface area (Å²) < 4.78 is 10.8. The van der Waals surface area contributed by atoms with Gasteiger partial charge in [0.05, 0.1) is 6.61 Å². The van der Waals surface area contributed by atoms with Crippen LogP contribution in [0.4, 0.5) is 5.69 Å². The van der Waals surface area contributed by atoms with Crippen molar-refractivity contribution in [3.05, 3.63) is 47.3 Å². The maximum atomic E-state index is 12.6. The molecule has 0 saturated carbocycles. The normalized spacial score (nSPS) is 18.5. The number of carbonyl (C=O) groups excluding carboxylic acids is 1. The number of morpholine rings is 1. The second-order valence-electron chi connectivity index (χ2n) is 5.98. The van der Waals surface area contributed by atoms with E-state index in [9.17, 15) is 4.79 Å². The van der Waals surface area contributed by atoms with E-state index in [1.54, 1.807) is 6.92 Å². The van der Waals surface area contributed by atoms with Crippen LogP contribution in [0.3, 0.4) is 0 Å². The molecule has 0 spiro atoms. The summed E-state index contributed by atoms with van der Waals surface area (Å²) in [6.45, 7) is 6.54. The molecule has 0 aliphatic carbocycles. The summed E-state index contributed by atoms with van der Waals surface area (Å²) in [7, 11) is 0. The Balaban J connectivity index is 1.61. The minimum atomic E-state index is -0.485. The highest BCUT2D eigenvalue weighted by Crippen LogP contribution is 2.21. The van der Waals surface area contributed by atoms with Crippen LogP contribution >= 0.6 is 0 Å². The average molecular weight is 329 g/mol. The van der Waals surface area contributed by atoms with Crippen LogP contribution in [0.15, 0.2) is 34.9 Å². The van der Waals surface area contributed by atoms with Gasteiger partial charge in [0.15, 0.2) is 5.76 Å². The third-order valence-corrected chi connectivity index (χ3v) is 4.21. The van der Waals surface area contributed by atoms with Gasteiger partial charge in [0.1, 0.15) is 17.5 Å². The van der Waals surface area contributed by atoms with Gasteiger partial charge in [-0.3, -0.25) is 9.69 Å². The maximum absolute atomic E-state index is 12.6. The van der Waals surface area contributed by atoms with Gasteiger partial charge in [-0.2, -0.15) is 0 Å². The molecule has 3 rings (SSSR count). The Kier molecular flexibility index (Phi) is 5.27. The van der Waals surface area contributed by atoms with Crippen LogP contribution in [0.5, 0.6) is 0 Å². The van der Waals surface area contributed by atoms with Crippen LogP contribution in [-0.4, -0.2) is 41.8 Å². The van der Waals surface area contributed by atoms with Gasteiger partial charge in [-0.15, -0.1) is 0 Å². The Bertz CT molecular complexity index is 684. The van der Waals surface area contributed by atoms with Crippen molar-refractivity contribution in [2.24, 2.45) is 0 Å². The molecule has 0 radical (unpaired) electrons. The molecule has 1 saturated heterocycles. The van der Waals surface area contributed by atoms with E-state index in [1.165, 1.54) is 5.56 Å². The van der Waals surface area contributed by atoms with E-state index in [1.807, 2.05) is 25.1 Å². The second kappa shape index (κ2) is 7.59. The van der Waals surface area contributed by atoms with Crippen molar-refractivity contribution in [3.63, 3.8) is 0 Å². The van der Waals surface area contributed by atoms with Gasteiger partial charge >= 0.3 is 0 Å². The highest BCUT2D eigenvalue weighted by atomic mass is 16.5. The highest BCUT2D eigenvalue weighted by Gasteiger charge is 2.28. The molecule has 2 heterocycles. The predicted molar refractivity (Wildman–Crippen MR) is 90.7 cm³/mol. The van der Waals surface area contributed by atoms with Crippen LogP contribution in [-0.2, 0) is 22.5 Å². The first-order chi connectivity index (χ1) is 11.7. The molecule has 24 heavy (non-hydrogen) atoms. The molecule has 1 aromatic carbocycles. The molecule has 1 atom stereocenters. The molecule has 128 valence electrons. The number of carbonyl (C=O) groups is 1. The molecule has 0 bridgehead atoms. The lowest BCUT2D eigenvalue weighted by Gasteiger charge is -2.32. The SMILES string of the molecule is CCc1noc(C)c1NC(=O)C1CN(Cc2ccccc2)CCO1. The van der Waals surface area contributed by atoms with Gasteiger partial charge in [0, 0.05) is 19.6 Å². The van der Waals surface area contributed by atoms with Crippen LogP contribution in [0.25, 0.3) is 0 Å². The lowest BCUT2D eigenvalue weighted by Crippen LogP contribution is -2.47. The molecule has 1 N–H and O–H groups in total. The number of nitrogens with one attached hydrogen (secondary N) is 1. The van der Waals surface area contributed by atoms with E-state index in [4.69, 9.17) is 9.26 Å². The van der Waals surface area contributed by atoms with Gasteiger partial charge in [-0.1, -0.05) is 42.4 Å². The van der Waals surface area contributed by atoms with Crippen molar-refractivity contribution in [2.45, 2.75) is 32.9 Å². The summed E-state index contributed by atoms with van der Waals surface area (Å²) in [5.41, 5.74) is 2.67. The lowest BCUT2D eigenvalue weighted by atomic mass is 10.1. The number of ether oxygens (including phenoxy) is 1. The van der Waals surface area contributed by atoms with E-state index in [0.717, 1.165) is 18.8 Å². The van der Waals surface area contributed by atoms with Gasteiger partial charge < -0.3 is 14.6 Å². The average Bonchev–Trinajstić information content (AvgIpc) is 2.96. The van der Waals surface area contributed by atoms with Crippen molar-refractivity contribution in [2.75, 3.05) is 25.0 Å². The molecule has 1 aliphatic rings. The Labute approximate surface area is 141 Å². The first kappa shape index (κ1) is 16.7. The Hall–Kier alpha value is -2.18. The summed E-state index contributed by atoms with van der Waals surface area (Å²) in [6.07, 6.45) is 0.222. The first-order valence-corrected chi connectivity index (χ1v) is 8.31. The zero-order chi connectivity index (χ0) is 16.9. The summed E-state index contributed by atoms with van der Waals surface area (Å²) in [5, 5.41) is 6.88. The fraction of sp³-hybridized carbons (Fsp3) is 0.444. The van der Waals surface area contributed by atoms with Gasteiger partial charge in [0.2, 0.25) is 0 Å². The smallest absolute Gasteiger partial charge is 0.254 e. The van der Waals surface area contributed by atoms with Crippen LogP contribution in [0.1, 0.15) is 23.9 Å². The van der Waals surface area contributed by atoms with E-state index < -0.39 is 6.10 Å². The van der Waals surface area contributed by atoms with Gasteiger partial charge in [-0.05, 0) is 18.9 Å². The first-order valence-electron chi connectivity index (χ1n) is 8.31. The number of benzene rings is 1. The minimum absolute atomic E-state index is 0.145. The van der Waals surface area contributed by atoms with Crippen LogP contribution in [0.2, 0.25) is 0 Å². The predicted octanol–water partition coefficient (Wildman–Crippen LogP) is 2.38. The Morgan fingerprint density at radius 3 is 2.92 bits per heavy atom. The summed E-state index contributed by atoms with van der Waals surface area (Å²) in [6, 6.07) is 10.3. The number of rotatable bonds is 5. The zero-order valence-electron chi connectivity index (χ0n) is 14.1. The minimum Gasteiger partial charge on any atom is -0.366 e. The topological polar surface area (TPSA) is 67.6 Å². The summed E-state index contributed by atoms with van der Waals surface area (Å²) in [5.74, 6) is 0.478. The lowest BCUT2D eigenvalue weighted by molar-refractivity contribution is -0.133. The largest absolute Gasteiger partial charge is 0.366 e. The zero-order valence-corrected chi connectivity index (χ0v) is 14.1. The van der Waals surface area contributed by atoms with Crippen molar-refractivity contribution >= 4 is 11.6 Å². The molecule has 1 aliphatic heterocycles. The number of hydrogen-bond acceptors (Lipinski definition) is 5. The van der Waals surface area contributed by atoms with Crippen molar-refractivity contribution in [3.8, 4) is 0 Å². The van der Waals surface area contributed by atoms with Crippen LogP contribution < -0.4 is 5.32 Å². The third kappa shape index (κ3) is 3.83. The number of aromatic nitrogens is 1. The van der Waals surface area contributed by atoms with E-state index >= 15 is 0 Å². The monoisotopic (exact) mass is 329 g/mol. The fourth-order valence-electron chi connectivity index (χ4n) is 2.87. The molecular weight excluding hydrogens is 306 g/mol. The molecular formula is C18H23N3O3. The summed E-state index contributed by atoms with van der Waals surface area (Å²) >= 11 is 0. The van der Waals surface area contributed by atoms with E-state index in [0.29, 0.717) is 31.0 Å². The third-order valence-electron chi connectivity index (χ3n) is 4.21. The van der Waals surface area contributed by atoms with Crippen molar-refractivity contribution in [1.82, 2.24) is 10.1 Å². The number of nitrogens with zero attached hydrogens (tertiary/aromatic N) is 2. The van der Waals surface area contributed by atoms with E-state index in [-0.39, 0.29) is 5.91 Å². The number of anilines is 1. The van der Waals surface area contributed by atoms with Gasteiger partial charge in [0.25, 0.3) is 5.91 Å². The molecule has 6 nitrogen and oxygen atoms in total. The number of aryl methyl sites for hydroxylation is 2. The number of amides is 1.